The van der Waals surface area contributed by atoms with Crippen LogP contribution in [0.5, 0.6) is 0 Å². The van der Waals surface area contributed by atoms with Crippen molar-refractivity contribution in [2.45, 2.75) is 25.8 Å². The van der Waals surface area contributed by atoms with Crippen molar-refractivity contribution >= 4 is 27.3 Å². The van der Waals surface area contributed by atoms with Crippen molar-refractivity contribution in [1.82, 2.24) is 4.90 Å². The van der Waals surface area contributed by atoms with E-state index < -0.39 is 0 Å². The van der Waals surface area contributed by atoms with Crippen molar-refractivity contribution in [1.29, 1.82) is 0 Å². The first-order valence-electron chi connectivity index (χ1n) is 6.72. The molecule has 2 N–H and O–H groups in total. The van der Waals surface area contributed by atoms with Crippen molar-refractivity contribution in [3.8, 4) is 0 Å². The molecule has 19 heavy (non-hydrogen) atoms. The normalized spacial score (nSPS) is 17.7. The van der Waals surface area contributed by atoms with Gasteiger partial charge in [-0.15, -0.1) is 0 Å². The molecule has 0 atom stereocenters. The van der Waals surface area contributed by atoms with E-state index in [1.807, 2.05) is 7.05 Å². The summed E-state index contributed by atoms with van der Waals surface area (Å²) >= 11 is 3.23. The maximum Gasteiger partial charge on any atom is 0.139 e. The summed E-state index contributed by atoms with van der Waals surface area (Å²) in [7, 11) is 2.04. The van der Waals surface area contributed by atoms with E-state index in [1.54, 1.807) is 6.07 Å². The molecular weight excluding hydrogens is 309 g/mol. The van der Waals surface area contributed by atoms with E-state index in [0.717, 1.165) is 38.2 Å². The van der Waals surface area contributed by atoms with E-state index >= 15 is 0 Å². The average molecular weight is 330 g/mol. The first-order valence-corrected chi connectivity index (χ1v) is 7.52. The van der Waals surface area contributed by atoms with E-state index in [0.29, 0.717) is 16.2 Å². The lowest BCUT2D eigenvalue weighted by molar-refractivity contribution is 0.221. The number of rotatable bonds is 3. The average Bonchev–Trinajstić information content (AvgIpc) is 2.42. The van der Waals surface area contributed by atoms with Crippen LogP contribution in [0.4, 0.5) is 15.8 Å². The Morgan fingerprint density at radius 3 is 2.63 bits per heavy atom. The SMILES string of the molecule is CCN1CCC(N(C)c2cc(Br)c(F)cc2N)CC1. The Labute approximate surface area is 122 Å². The van der Waals surface area contributed by atoms with Gasteiger partial charge in [0.1, 0.15) is 5.82 Å². The monoisotopic (exact) mass is 329 g/mol. The van der Waals surface area contributed by atoms with Crippen LogP contribution in [0, 0.1) is 5.82 Å². The minimum absolute atomic E-state index is 0.310. The van der Waals surface area contributed by atoms with Crippen LogP contribution in [-0.2, 0) is 0 Å². The molecule has 1 heterocycles. The van der Waals surface area contributed by atoms with Crippen molar-refractivity contribution in [3.63, 3.8) is 0 Å². The summed E-state index contributed by atoms with van der Waals surface area (Å²) in [6.07, 6.45) is 2.25. The molecular formula is C14H21BrFN3. The lowest BCUT2D eigenvalue weighted by atomic mass is 10.0. The van der Waals surface area contributed by atoms with Gasteiger partial charge in [-0.25, -0.2) is 4.39 Å². The zero-order valence-electron chi connectivity index (χ0n) is 11.5. The zero-order valence-corrected chi connectivity index (χ0v) is 13.1. The number of benzene rings is 1. The van der Waals surface area contributed by atoms with Gasteiger partial charge in [0.25, 0.3) is 0 Å². The van der Waals surface area contributed by atoms with Crippen molar-refractivity contribution in [2.24, 2.45) is 0 Å². The number of hydrogen-bond acceptors (Lipinski definition) is 3. The first-order chi connectivity index (χ1) is 9.02. The van der Waals surface area contributed by atoms with Crippen molar-refractivity contribution < 1.29 is 4.39 Å². The van der Waals surface area contributed by atoms with E-state index in [2.05, 4.69) is 32.7 Å². The molecule has 2 rings (SSSR count). The molecule has 1 fully saturated rings. The van der Waals surface area contributed by atoms with Crippen LogP contribution in [0.1, 0.15) is 19.8 Å². The third-order valence-electron chi connectivity index (χ3n) is 4.00. The van der Waals surface area contributed by atoms with Gasteiger partial charge in [-0.3, -0.25) is 0 Å². The quantitative estimate of drug-likeness (QED) is 0.865. The van der Waals surface area contributed by atoms with Crippen LogP contribution < -0.4 is 10.6 Å². The molecule has 0 unspecified atom stereocenters. The van der Waals surface area contributed by atoms with Crippen LogP contribution in [0.3, 0.4) is 0 Å². The summed E-state index contributed by atoms with van der Waals surface area (Å²) < 4.78 is 13.9. The van der Waals surface area contributed by atoms with Gasteiger partial charge in [0.15, 0.2) is 0 Å². The zero-order chi connectivity index (χ0) is 14.0. The van der Waals surface area contributed by atoms with E-state index in [4.69, 9.17) is 5.73 Å². The molecule has 0 aromatic heterocycles. The number of likely N-dealkylation sites (tertiary alicyclic amines) is 1. The summed E-state index contributed by atoms with van der Waals surface area (Å²) in [6.45, 7) is 5.54. The second kappa shape index (κ2) is 6.09. The molecule has 0 saturated carbocycles. The predicted octanol–water partition coefficient (Wildman–Crippen LogP) is 3.09. The number of nitrogens with two attached hydrogens (primary N) is 1. The summed E-state index contributed by atoms with van der Waals surface area (Å²) in [5, 5.41) is 0. The Hall–Kier alpha value is -0.810. The van der Waals surface area contributed by atoms with Crippen LogP contribution >= 0.6 is 15.9 Å². The largest absolute Gasteiger partial charge is 0.397 e. The fourth-order valence-corrected chi connectivity index (χ4v) is 3.01. The maximum atomic E-state index is 13.4. The summed E-state index contributed by atoms with van der Waals surface area (Å²) in [5.74, 6) is -0.310. The van der Waals surface area contributed by atoms with E-state index in [1.165, 1.54) is 6.07 Å². The van der Waals surface area contributed by atoms with Gasteiger partial charge in [-0.05, 0) is 41.4 Å². The minimum atomic E-state index is -0.310. The van der Waals surface area contributed by atoms with Crippen LogP contribution in [-0.4, -0.2) is 37.6 Å². The predicted molar refractivity (Wildman–Crippen MR) is 82.1 cm³/mol. The Bertz CT molecular complexity index is 445. The molecule has 0 aliphatic carbocycles. The second-order valence-corrected chi connectivity index (χ2v) is 5.96. The van der Waals surface area contributed by atoms with Gasteiger partial charge in [0, 0.05) is 32.2 Å². The first kappa shape index (κ1) is 14.6. The number of piperidine rings is 1. The molecule has 3 nitrogen and oxygen atoms in total. The molecule has 1 saturated heterocycles. The molecule has 0 spiro atoms. The third kappa shape index (κ3) is 3.20. The smallest absolute Gasteiger partial charge is 0.139 e. The highest BCUT2D eigenvalue weighted by Crippen LogP contribution is 2.31. The molecule has 1 aromatic carbocycles. The summed E-state index contributed by atoms with van der Waals surface area (Å²) in [4.78, 5) is 4.64. The third-order valence-corrected chi connectivity index (χ3v) is 4.61. The highest BCUT2D eigenvalue weighted by molar-refractivity contribution is 9.10. The van der Waals surface area contributed by atoms with Gasteiger partial charge < -0.3 is 15.5 Å². The van der Waals surface area contributed by atoms with Crippen LogP contribution in [0.2, 0.25) is 0 Å². The van der Waals surface area contributed by atoms with Crippen molar-refractivity contribution in [2.75, 3.05) is 37.3 Å². The highest BCUT2D eigenvalue weighted by Gasteiger charge is 2.23. The Balaban J connectivity index is 2.12. The minimum Gasteiger partial charge on any atom is -0.397 e. The second-order valence-electron chi connectivity index (χ2n) is 5.10. The van der Waals surface area contributed by atoms with Gasteiger partial charge in [0.05, 0.1) is 15.8 Å². The summed E-state index contributed by atoms with van der Waals surface area (Å²) in [5.41, 5.74) is 7.35. The van der Waals surface area contributed by atoms with E-state index in [-0.39, 0.29) is 5.82 Å². The van der Waals surface area contributed by atoms with Crippen LogP contribution in [0.25, 0.3) is 0 Å². The van der Waals surface area contributed by atoms with Gasteiger partial charge in [-0.2, -0.15) is 0 Å². The van der Waals surface area contributed by atoms with Crippen molar-refractivity contribution in [3.05, 3.63) is 22.4 Å². The molecule has 1 aliphatic heterocycles. The lowest BCUT2D eigenvalue weighted by Gasteiger charge is -2.38. The standard InChI is InChI=1S/C14H21BrFN3/c1-3-19-6-4-10(5-7-19)18(2)14-8-11(15)12(16)9-13(14)17/h8-10H,3-7,17H2,1-2H3. The lowest BCUT2D eigenvalue weighted by Crippen LogP contribution is -2.43. The number of halogens is 2. The van der Waals surface area contributed by atoms with E-state index in [9.17, 15) is 4.39 Å². The number of nitrogen functional groups attached to an aromatic ring is 1. The Morgan fingerprint density at radius 1 is 1.42 bits per heavy atom. The van der Waals surface area contributed by atoms with Gasteiger partial charge in [0.2, 0.25) is 0 Å². The topological polar surface area (TPSA) is 32.5 Å². The highest BCUT2D eigenvalue weighted by atomic mass is 79.9. The molecule has 1 aliphatic rings. The Kier molecular flexibility index (Phi) is 4.68. The molecule has 0 radical (unpaired) electrons. The molecule has 5 heteroatoms. The summed E-state index contributed by atoms with van der Waals surface area (Å²) in [6, 6.07) is 3.64. The fraction of sp³-hybridized carbons (Fsp3) is 0.571. The number of anilines is 2. The maximum absolute atomic E-state index is 13.4. The Morgan fingerprint density at radius 2 is 2.05 bits per heavy atom. The molecule has 106 valence electrons. The van der Waals surface area contributed by atoms with Crippen LogP contribution in [0.15, 0.2) is 16.6 Å². The molecule has 0 bridgehead atoms. The van der Waals surface area contributed by atoms with Gasteiger partial charge >= 0.3 is 0 Å². The molecule has 1 aromatic rings. The van der Waals surface area contributed by atoms with Gasteiger partial charge in [-0.1, -0.05) is 6.92 Å². The molecule has 0 amide bonds. The number of hydrogen-bond donors (Lipinski definition) is 1. The number of nitrogens with zero attached hydrogens (tertiary/aromatic N) is 2. The fourth-order valence-electron chi connectivity index (χ4n) is 2.68.